The number of ether oxygens (including phenoxy) is 1. The first-order chi connectivity index (χ1) is 7.74. The van der Waals surface area contributed by atoms with Crippen LogP contribution in [0.25, 0.3) is 0 Å². The maximum absolute atomic E-state index is 11.6. The average molecular weight is 223 g/mol. The van der Waals surface area contributed by atoms with E-state index < -0.39 is 0 Å². The fourth-order valence-electron chi connectivity index (χ4n) is 2.00. The van der Waals surface area contributed by atoms with Crippen molar-refractivity contribution in [3.05, 3.63) is 12.3 Å². The number of nitrogen functional groups attached to an aromatic ring is 1. The summed E-state index contributed by atoms with van der Waals surface area (Å²) in [5, 5.41) is 3.94. The van der Waals surface area contributed by atoms with Crippen LogP contribution in [0.2, 0.25) is 0 Å². The second-order valence-electron chi connectivity index (χ2n) is 4.19. The van der Waals surface area contributed by atoms with Gasteiger partial charge in [-0.1, -0.05) is 6.42 Å². The molecule has 2 rings (SSSR count). The Kier molecular flexibility index (Phi) is 3.44. The molecular weight excluding hydrogens is 206 g/mol. The zero-order valence-corrected chi connectivity index (χ0v) is 9.26. The van der Waals surface area contributed by atoms with Gasteiger partial charge in [0.1, 0.15) is 18.5 Å². The number of carbonyl (C=O) groups is 1. The van der Waals surface area contributed by atoms with Gasteiger partial charge in [-0.05, 0) is 31.7 Å². The summed E-state index contributed by atoms with van der Waals surface area (Å²) in [7, 11) is 0. The number of nitrogens with zero attached hydrogens (tertiary/aromatic N) is 2. The van der Waals surface area contributed by atoms with Gasteiger partial charge in [-0.3, -0.25) is 9.48 Å². The van der Waals surface area contributed by atoms with E-state index in [1.54, 1.807) is 12.3 Å². The van der Waals surface area contributed by atoms with Crippen molar-refractivity contribution in [3.8, 4) is 0 Å². The Morgan fingerprint density at radius 3 is 2.88 bits per heavy atom. The summed E-state index contributed by atoms with van der Waals surface area (Å²) >= 11 is 0. The van der Waals surface area contributed by atoms with Crippen molar-refractivity contribution in [1.29, 1.82) is 0 Å². The third kappa shape index (κ3) is 2.98. The van der Waals surface area contributed by atoms with Crippen LogP contribution in [0.15, 0.2) is 12.3 Å². The highest BCUT2D eigenvalue weighted by atomic mass is 16.5. The zero-order valence-electron chi connectivity index (χ0n) is 9.26. The molecule has 0 bridgehead atoms. The van der Waals surface area contributed by atoms with Crippen molar-refractivity contribution in [2.24, 2.45) is 0 Å². The van der Waals surface area contributed by atoms with Gasteiger partial charge < -0.3 is 10.5 Å². The molecule has 1 aromatic rings. The molecule has 5 heteroatoms. The molecule has 1 aliphatic carbocycles. The van der Waals surface area contributed by atoms with Crippen LogP contribution in [-0.4, -0.2) is 21.9 Å². The number of esters is 1. The van der Waals surface area contributed by atoms with Gasteiger partial charge in [0.25, 0.3) is 0 Å². The van der Waals surface area contributed by atoms with Gasteiger partial charge in [-0.15, -0.1) is 0 Å². The molecule has 0 spiro atoms. The van der Waals surface area contributed by atoms with Gasteiger partial charge in [0.15, 0.2) is 0 Å². The Balaban J connectivity index is 1.79. The second-order valence-corrected chi connectivity index (χ2v) is 4.19. The largest absolute Gasteiger partial charge is 0.461 e. The molecule has 1 saturated carbocycles. The van der Waals surface area contributed by atoms with Gasteiger partial charge in [0.05, 0.1) is 0 Å². The standard InChI is InChI=1S/C11H17N3O2/c12-10-6-7-14(13-10)8-11(15)16-9-4-2-1-3-5-9/h6-7,9H,1-5,8H2,(H2,12,13). The number of anilines is 1. The molecule has 0 amide bonds. The fourth-order valence-corrected chi connectivity index (χ4v) is 2.00. The molecule has 88 valence electrons. The van der Waals surface area contributed by atoms with Gasteiger partial charge in [-0.2, -0.15) is 5.10 Å². The van der Waals surface area contributed by atoms with Gasteiger partial charge in [-0.25, -0.2) is 0 Å². The lowest BCUT2D eigenvalue weighted by Crippen LogP contribution is -2.23. The lowest BCUT2D eigenvalue weighted by Gasteiger charge is -2.21. The van der Waals surface area contributed by atoms with E-state index in [9.17, 15) is 4.79 Å². The average Bonchev–Trinajstić information content (AvgIpc) is 2.65. The second kappa shape index (κ2) is 5.01. The number of aromatic nitrogens is 2. The minimum absolute atomic E-state index is 0.106. The predicted octanol–water partition coefficient (Wildman–Crippen LogP) is 1.34. The van der Waals surface area contributed by atoms with Gasteiger partial charge >= 0.3 is 5.97 Å². The number of carbonyl (C=O) groups excluding carboxylic acids is 1. The predicted molar refractivity (Wildman–Crippen MR) is 59.6 cm³/mol. The summed E-state index contributed by atoms with van der Waals surface area (Å²) in [6, 6.07) is 1.66. The molecule has 0 aliphatic heterocycles. The Morgan fingerprint density at radius 1 is 1.50 bits per heavy atom. The Bertz CT molecular complexity index is 356. The van der Waals surface area contributed by atoms with Crippen LogP contribution in [0.4, 0.5) is 5.82 Å². The molecule has 0 aromatic carbocycles. The monoisotopic (exact) mass is 223 g/mol. The van der Waals surface area contributed by atoms with E-state index in [-0.39, 0.29) is 18.6 Å². The molecular formula is C11H17N3O2. The Labute approximate surface area is 94.6 Å². The molecule has 0 atom stereocenters. The molecule has 16 heavy (non-hydrogen) atoms. The molecule has 0 radical (unpaired) electrons. The minimum Gasteiger partial charge on any atom is -0.461 e. The van der Waals surface area contributed by atoms with Crippen LogP contribution in [0.1, 0.15) is 32.1 Å². The van der Waals surface area contributed by atoms with Crippen LogP contribution in [0.3, 0.4) is 0 Å². The molecule has 5 nitrogen and oxygen atoms in total. The topological polar surface area (TPSA) is 70.1 Å². The number of rotatable bonds is 3. The third-order valence-corrected chi connectivity index (χ3v) is 2.80. The van der Waals surface area contributed by atoms with Crippen LogP contribution in [0, 0.1) is 0 Å². The smallest absolute Gasteiger partial charge is 0.328 e. The summed E-state index contributed by atoms with van der Waals surface area (Å²) in [5.41, 5.74) is 5.45. The number of hydrogen-bond acceptors (Lipinski definition) is 4. The molecule has 1 fully saturated rings. The summed E-state index contributed by atoms with van der Waals surface area (Å²) < 4.78 is 6.86. The van der Waals surface area contributed by atoms with Crippen LogP contribution in [0.5, 0.6) is 0 Å². The van der Waals surface area contributed by atoms with E-state index in [1.807, 2.05) is 0 Å². The summed E-state index contributed by atoms with van der Waals surface area (Å²) in [5.74, 6) is 0.195. The first-order valence-electron chi connectivity index (χ1n) is 5.72. The Hall–Kier alpha value is -1.52. The highest BCUT2D eigenvalue weighted by Crippen LogP contribution is 2.20. The molecule has 1 heterocycles. The molecule has 2 N–H and O–H groups in total. The van der Waals surface area contributed by atoms with Gasteiger partial charge in [0, 0.05) is 6.20 Å². The van der Waals surface area contributed by atoms with Crippen molar-refractivity contribution in [2.45, 2.75) is 44.8 Å². The molecule has 1 aromatic heterocycles. The lowest BCUT2D eigenvalue weighted by molar-refractivity contribution is -0.151. The maximum Gasteiger partial charge on any atom is 0.328 e. The van der Waals surface area contributed by atoms with Crippen molar-refractivity contribution >= 4 is 11.8 Å². The zero-order chi connectivity index (χ0) is 11.4. The fraction of sp³-hybridized carbons (Fsp3) is 0.636. The van der Waals surface area contributed by atoms with Gasteiger partial charge in [0.2, 0.25) is 0 Å². The van der Waals surface area contributed by atoms with Crippen LogP contribution in [-0.2, 0) is 16.1 Å². The maximum atomic E-state index is 11.6. The summed E-state index contributed by atoms with van der Waals surface area (Å²) in [6.45, 7) is 0.147. The summed E-state index contributed by atoms with van der Waals surface area (Å²) in [4.78, 5) is 11.6. The van der Waals surface area contributed by atoms with E-state index >= 15 is 0 Å². The van der Waals surface area contributed by atoms with Crippen molar-refractivity contribution in [3.63, 3.8) is 0 Å². The Morgan fingerprint density at radius 2 is 2.25 bits per heavy atom. The van der Waals surface area contributed by atoms with E-state index in [0.29, 0.717) is 5.82 Å². The van der Waals surface area contributed by atoms with E-state index in [0.717, 1.165) is 25.7 Å². The SMILES string of the molecule is Nc1ccn(CC(=O)OC2CCCCC2)n1. The minimum atomic E-state index is -0.227. The van der Waals surface area contributed by atoms with Crippen molar-refractivity contribution in [2.75, 3.05) is 5.73 Å². The normalized spacial score (nSPS) is 17.2. The van der Waals surface area contributed by atoms with E-state index in [1.165, 1.54) is 11.1 Å². The van der Waals surface area contributed by atoms with Crippen molar-refractivity contribution < 1.29 is 9.53 Å². The number of nitrogens with two attached hydrogens (primary N) is 1. The highest BCUT2D eigenvalue weighted by Gasteiger charge is 2.17. The lowest BCUT2D eigenvalue weighted by atomic mass is 9.98. The molecule has 1 aliphatic rings. The van der Waals surface area contributed by atoms with Crippen LogP contribution >= 0.6 is 0 Å². The first kappa shape index (κ1) is 11.0. The first-order valence-corrected chi connectivity index (χ1v) is 5.72. The highest BCUT2D eigenvalue weighted by molar-refractivity contribution is 5.69. The van der Waals surface area contributed by atoms with Crippen LogP contribution < -0.4 is 5.73 Å². The molecule has 0 saturated heterocycles. The molecule has 0 unspecified atom stereocenters. The summed E-state index contributed by atoms with van der Waals surface area (Å²) in [6.07, 6.45) is 7.34. The quantitative estimate of drug-likeness (QED) is 0.785. The number of hydrogen-bond donors (Lipinski definition) is 1. The van der Waals surface area contributed by atoms with E-state index in [4.69, 9.17) is 10.5 Å². The van der Waals surface area contributed by atoms with E-state index in [2.05, 4.69) is 5.10 Å². The van der Waals surface area contributed by atoms with Crippen molar-refractivity contribution in [1.82, 2.24) is 9.78 Å². The third-order valence-electron chi connectivity index (χ3n) is 2.80.